The summed E-state index contributed by atoms with van der Waals surface area (Å²) in [6.45, 7) is 7.56. The van der Waals surface area contributed by atoms with E-state index in [-0.39, 0.29) is 5.54 Å². The number of nitrogens with zero attached hydrogens (tertiary/aromatic N) is 2. The third-order valence-electron chi connectivity index (χ3n) is 4.36. The van der Waals surface area contributed by atoms with Crippen LogP contribution < -0.4 is 0 Å². The van der Waals surface area contributed by atoms with Crippen molar-refractivity contribution in [1.82, 2.24) is 9.88 Å². The molecule has 1 aromatic rings. The van der Waals surface area contributed by atoms with Crippen LogP contribution in [0.15, 0.2) is 24.4 Å². The normalized spacial score (nSPS) is 26.3. The Bertz CT molecular complexity index is 567. The van der Waals surface area contributed by atoms with Crippen LogP contribution in [0, 0.1) is 5.92 Å². The van der Waals surface area contributed by atoms with Gasteiger partial charge in [0.05, 0.1) is 0 Å². The molecule has 1 aliphatic carbocycles. The van der Waals surface area contributed by atoms with E-state index in [4.69, 9.17) is 0 Å². The molecule has 1 aromatic heterocycles. The Morgan fingerprint density at radius 3 is 2.38 bits per heavy atom. The summed E-state index contributed by atoms with van der Waals surface area (Å²) in [6.07, 6.45) is 0.250. The monoisotopic (exact) mass is 296 g/mol. The minimum absolute atomic E-state index is 0.0677. The molecule has 0 N–H and O–H groups in total. The molecule has 21 heavy (non-hydrogen) atoms. The lowest BCUT2D eigenvalue weighted by Crippen LogP contribution is -2.46. The van der Waals surface area contributed by atoms with Crippen molar-refractivity contribution in [2.24, 2.45) is 5.92 Å². The molecule has 0 spiro atoms. The molecule has 5 heteroatoms. The van der Waals surface area contributed by atoms with Gasteiger partial charge in [-0.25, -0.2) is 0 Å². The van der Waals surface area contributed by atoms with Crippen LogP contribution in [-0.4, -0.2) is 28.0 Å². The molecule has 2 unspecified atom stereocenters. The molecule has 2 atom stereocenters. The summed E-state index contributed by atoms with van der Waals surface area (Å²) in [4.78, 5) is 6.02. The van der Waals surface area contributed by atoms with E-state index in [0.717, 1.165) is 30.2 Å². The van der Waals surface area contributed by atoms with Gasteiger partial charge in [0.2, 0.25) is 0 Å². The molecule has 1 aliphatic heterocycles. The maximum absolute atomic E-state index is 12.6. The largest absolute Gasteiger partial charge is 0.433 e. The Morgan fingerprint density at radius 1 is 1.19 bits per heavy atom. The standard InChI is InChI=1S/C16H19F3N2/c1-15(2,3)21-9-10-6-12(13(21)7-10)11-4-5-14(20-8-11)16(17,18)19/h4-6,8,10,13H,7,9H2,1-3H3. The highest BCUT2D eigenvalue weighted by Crippen LogP contribution is 2.44. The number of rotatable bonds is 1. The second-order valence-corrected chi connectivity index (χ2v) is 6.89. The Balaban J connectivity index is 1.87. The molecule has 0 saturated carbocycles. The van der Waals surface area contributed by atoms with Gasteiger partial charge in [-0.05, 0) is 50.3 Å². The summed E-state index contributed by atoms with van der Waals surface area (Å²) in [5, 5.41) is 0. The van der Waals surface area contributed by atoms with Crippen molar-refractivity contribution in [3.8, 4) is 0 Å². The third-order valence-corrected chi connectivity index (χ3v) is 4.36. The first-order chi connectivity index (χ1) is 9.66. The zero-order valence-corrected chi connectivity index (χ0v) is 12.4. The quantitative estimate of drug-likeness (QED) is 0.779. The van der Waals surface area contributed by atoms with E-state index < -0.39 is 11.9 Å². The second kappa shape index (κ2) is 4.57. The van der Waals surface area contributed by atoms with Gasteiger partial charge in [-0.2, -0.15) is 13.2 Å². The molecular weight excluding hydrogens is 277 g/mol. The number of hydrogen-bond donors (Lipinski definition) is 0. The van der Waals surface area contributed by atoms with E-state index in [9.17, 15) is 13.2 Å². The summed E-state index contributed by atoms with van der Waals surface area (Å²) in [7, 11) is 0. The van der Waals surface area contributed by atoms with Gasteiger partial charge in [0.15, 0.2) is 0 Å². The van der Waals surface area contributed by atoms with E-state index in [1.54, 1.807) is 6.07 Å². The van der Waals surface area contributed by atoms with Crippen LogP contribution in [-0.2, 0) is 6.18 Å². The molecule has 0 aromatic carbocycles. The lowest BCUT2D eigenvalue weighted by atomic mass is 9.96. The van der Waals surface area contributed by atoms with Crippen molar-refractivity contribution in [1.29, 1.82) is 0 Å². The molecule has 2 bridgehead atoms. The Labute approximate surface area is 122 Å². The number of alkyl halides is 3. The summed E-state index contributed by atoms with van der Waals surface area (Å²) in [6, 6.07) is 2.92. The summed E-state index contributed by atoms with van der Waals surface area (Å²) in [5.41, 5.74) is 1.17. The number of halogens is 3. The van der Waals surface area contributed by atoms with Crippen LogP contribution in [0.5, 0.6) is 0 Å². The van der Waals surface area contributed by atoms with Crippen LogP contribution in [0.4, 0.5) is 13.2 Å². The Hall–Kier alpha value is -1.36. The minimum atomic E-state index is -4.38. The molecule has 1 saturated heterocycles. The predicted molar refractivity (Wildman–Crippen MR) is 75.6 cm³/mol. The van der Waals surface area contributed by atoms with E-state index in [1.165, 1.54) is 6.20 Å². The van der Waals surface area contributed by atoms with Crippen LogP contribution in [0.25, 0.3) is 5.57 Å². The molecule has 2 nitrogen and oxygen atoms in total. The lowest BCUT2D eigenvalue weighted by Gasteiger charge is -2.39. The smallest absolute Gasteiger partial charge is 0.291 e. The van der Waals surface area contributed by atoms with Crippen molar-refractivity contribution in [2.45, 2.75) is 44.9 Å². The number of pyridine rings is 1. The summed E-state index contributed by atoms with van der Waals surface area (Å²) >= 11 is 0. The number of hydrogen-bond acceptors (Lipinski definition) is 2. The van der Waals surface area contributed by atoms with E-state index in [1.807, 2.05) is 0 Å². The maximum Gasteiger partial charge on any atom is 0.433 e. The fraction of sp³-hybridized carbons (Fsp3) is 0.562. The maximum atomic E-state index is 12.6. The Kier molecular flexibility index (Phi) is 3.17. The van der Waals surface area contributed by atoms with Gasteiger partial charge in [-0.3, -0.25) is 9.88 Å². The van der Waals surface area contributed by atoms with Crippen molar-refractivity contribution >= 4 is 5.57 Å². The first-order valence-corrected chi connectivity index (χ1v) is 7.18. The van der Waals surface area contributed by atoms with E-state index in [0.29, 0.717) is 12.0 Å². The molecule has 1 fully saturated rings. The van der Waals surface area contributed by atoms with Crippen LogP contribution >= 0.6 is 0 Å². The van der Waals surface area contributed by atoms with Crippen molar-refractivity contribution in [3.05, 3.63) is 35.7 Å². The van der Waals surface area contributed by atoms with Gasteiger partial charge < -0.3 is 0 Å². The fourth-order valence-electron chi connectivity index (χ4n) is 3.41. The number of aromatic nitrogens is 1. The first kappa shape index (κ1) is 14.6. The topological polar surface area (TPSA) is 16.1 Å². The van der Waals surface area contributed by atoms with E-state index in [2.05, 4.69) is 36.7 Å². The SMILES string of the molecule is CC(C)(C)N1CC2C=C(c3ccc(C(F)(F)F)nc3)C1C2. The molecule has 2 heterocycles. The zero-order chi connectivity index (χ0) is 15.4. The van der Waals surface area contributed by atoms with Gasteiger partial charge in [-0.15, -0.1) is 0 Å². The number of fused-ring (bicyclic) bond motifs is 2. The van der Waals surface area contributed by atoms with Gasteiger partial charge in [-0.1, -0.05) is 12.1 Å². The molecule has 0 amide bonds. The van der Waals surface area contributed by atoms with Gasteiger partial charge in [0.25, 0.3) is 0 Å². The molecular formula is C16H19F3N2. The average Bonchev–Trinajstić information content (AvgIpc) is 2.97. The molecule has 114 valence electrons. The molecule has 3 rings (SSSR count). The predicted octanol–water partition coefficient (Wildman–Crippen LogP) is 3.99. The van der Waals surface area contributed by atoms with Crippen molar-refractivity contribution in [2.75, 3.05) is 6.54 Å². The minimum Gasteiger partial charge on any atom is -0.291 e. The van der Waals surface area contributed by atoms with Crippen molar-refractivity contribution in [3.63, 3.8) is 0 Å². The molecule has 2 aliphatic rings. The van der Waals surface area contributed by atoms with Crippen LogP contribution in [0.3, 0.4) is 0 Å². The highest BCUT2D eigenvalue weighted by molar-refractivity contribution is 5.72. The average molecular weight is 296 g/mol. The highest BCUT2D eigenvalue weighted by Gasteiger charge is 2.44. The first-order valence-electron chi connectivity index (χ1n) is 7.18. The van der Waals surface area contributed by atoms with E-state index >= 15 is 0 Å². The molecule has 0 radical (unpaired) electrons. The second-order valence-electron chi connectivity index (χ2n) is 6.89. The van der Waals surface area contributed by atoms with Crippen LogP contribution in [0.2, 0.25) is 0 Å². The van der Waals surface area contributed by atoms with Crippen LogP contribution in [0.1, 0.15) is 38.4 Å². The summed E-state index contributed by atoms with van der Waals surface area (Å²) < 4.78 is 37.7. The number of likely N-dealkylation sites (tertiary alicyclic amines) is 1. The highest BCUT2D eigenvalue weighted by atomic mass is 19.4. The lowest BCUT2D eigenvalue weighted by molar-refractivity contribution is -0.141. The van der Waals surface area contributed by atoms with Gasteiger partial charge in [0.1, 0.15) is 5.69 Å². The van der Waals surface area contributed by atoms with Crippen molar-refractivity contribution < 1.29 is 13.2 Å². The fourth-order valence-corrected chi connectivity index (χ4v) is 3.41. The zero-order valence-electron chi connectivity index (χ0n) is 12.4. The van der Waals surface area contributed by atoms with Gasteiger partial charge in [0, 0.05) is 24.3 Å². The van der Waals surface area contributed by atoms with Gasteiger partial charge >= 0.3 is 6.18 Å². The third kappa shape index (κ3) is 2.59. The summed E-state index contributed by atoms with van der Waals surface area (Å²) in [5.74, 6) is 0.506. The Morgan fingerprint density at radius 2 is 1.90 bits per heavy atom.